The van der Waals surface area contributed by atoms with E-state index in [1.54, 1.807) is 11.3 Å². The molecule has 1 aromatic heterocycles. The first-order valence-corrected chi connectivity index (χ1v) is 7.57. The number of rotatable bonds is 3. The molecule has 0 bridgehead atoms. The lowest BCUT2D eigenvalue weighted by Crippen LogP contribution is -2.12. The largest absolute Gasteiger partial charge is 0.389 e. The van der Waals surface area contributed by atoms with Crippen LogP contribution in [0.3, 0.4) is 0 Å². The Kier molecular flexibility index (Phi) is 3.42. The third-order valence-electron chi connectivity index (χ3n) is 3.26. The summed E-state index contributed by atoms with van der Waals surface area (Å²) in [5.74, 6) is 0. The summed E-state index contributed by atoms with van der Waals surface area (Å²) in [4.78, 5) is 0.410. The SMILES string of the molecule is Cc1cccc(C(N)=S)c1Nc1ccc2sccc2c1. The van der Waals surface area contributed by atoms with Gasteiger partial charge in [-0.25, -0.2) is 0 Å². The van der Waals surface area contributed by atoms with Crippen molar-refractivity contribution >= 4 is 50.0 Å². The van der Waals surface area contributed by atoms with Crippen LogP contribution in [0.15, 0.2) is 47.8 Å². The molecule has 1 heterocycles. The molecule has 2 aromatic carbocycles. The highest BCUT2D eigenvalue weighted by molar-refractivity contribution is 7.80. The summed E-state index contributed by atoms with van der Waals surface area (Å²) in [6.07, 6.45) is 0. The van der Waals surface area contributed by atoms with Crippen molar-refractivity contribution in [1.82, 2.24) is 0 Å². The molecule has 100 valence electrons. The Bertz CT molecular complexity index is 790. The van der Waals surface area contributed by atoms with E-state index in [0.29, 0.717) is 4.99 Å². The third kappa shape index (κ3) is 2.40. The van der Waals surface area contributed by atoms with E-state index in [0.717, 1.165) is 22.5 Å². The molecule has 3 aromatic rings. The van der Waals surface area contributed by atoms with Crippen LogP contribution in [-0.4, -0.2) is 4.99 Å². The molecule has 0 saturated heterocycles. The van der Waals surface area contributed by atoms with Gasteiger partial charge < -0.3 is 11.1 Å². The molecule has 0 spiro atoms. The number of thiophene rings is 1. The van der Waals surface area contributed by atoms with E-state index in [4.69, 9.17) is 18.0 Å². The van der Waals surface area contributed by atoms with E-state index in [-0.39, 0.29) is 0 Å². The molecule has 0 saturated carbocycles. The van der Waals surface area contributed by atoms with E-state index in [9.17, 15) is 0 Å². The second kappa shape index (κ2) is 5.23. The maximum Gasteiger partial charge on any atom is 0.106 e. The maximum atomic E-state index is 5.80. The molecular formula is C16H14N2S2. The summed E-state index contributed by atoms with van der Waals surface area (Å²) in [7, 11) is 0. The molecule has 20 heavy (non-hydrogen) atoms. The standard InChI is InChI=1S/C16H14N2S2/c1-10-3-2-4-13(16(17)19)15(10)18-12-5-6-14-11(9-12)7-8-20-14/h2-9,18H,1H3,(H2,17,19). The van der Waals surface area contributed by atoms with Crippen molar-refractivity contribution in [2.24, 2.45) is 5.73 Å². The Balaban J connectivity index is 2.04. The molecule has 0 atom stereocenters. The predicted molar refractivity (Wildman–Crippen MR) is 92.2 cm³/mol. The lowest BCUT2D eigenvalue weighted by molar-refractivity contribution is 1.42. The molecule has 4 heteroatoms. The smallest absolute Gasteiger partial charge is 0.106 e. The number of anilines is 2. The molecule has 0 radical (unpaired) electrons. The van der Waals surface area contributed by atoms with Crippen molar-refractivity contribution in [3.05, 3.63) is 59.0 Å². The topological polar surface area (TPSA) is 38.0 Å². The van der Waals surface area contributed by atoms with E-state index >= 15 is 0 Å². The Hall–Kier alpha value is -1.91. The highest BCUT2D eigenvalue weighted by Gasteiger charge is 2.08. The Labute approximate surface area is 127 Å². The molecule has 3 rings (SSSR count). The van der Waals surface area contributed by atoms with Crippen LogP contribution in [-0.2, 0) is 0 Å². The number of benzene rings is 2. The molecule has 0 aliphatic rings. The van der Waals surface area contributed by atoms with Gasteiger partial charge in [0, 0.05) is 16.0 Å². The molecule has 0 amide bonds. The Morgan fingerprint density at radius 3 is 2.85 bits per heavy atom. The van der Waals surface area contributed by atoms with Gasteiger partial charge in [-0.2, -0.15) is 0 Å². The summed E-state index contributed by atoms with van der Waals surface area (Å²) in [6.45, 7) is 2.05. The Morgan fingerprint density at radius 1 is 1.20 bits per heavy atom. The number of fused-ring (bicyclic) bond motifs is 1. The van der Waals surface area contributed by atoms with Crippen molar-refractivity contribution in [1.29, 1.82) is 0 Å². The van der Waals surface area contributed by atoms with Crippen molar-refractivity contribution in [3.63, 3.8) is 0 Å². The van der Waals surface area contributed by atoms with Crippen LogP contribution in [0.2, 0.25) is 0 Å². The van der Waals surface area contributed by atoms with Gasteiger partial charge in [0.2, 0.25) is 0 Å². The van der Waals surface area contributed by atoms with Gasteiger partial charge in [0.25, 0.3) is 0 Å². The summed E-state index contributed by atoms with van der Waals surface area (Å²) in [5, 5.41) is 6.78. The first-order chi connectivity index (χ1) is 9.65. The highest BCUT2D eigenvalue weighted by Crippen LogP contribution is 2.29. The normalized spacial score (nSPS) is 10.7. The number of thiocarbonyl (C=S) groups is 1. The number of nitrogens with two attached hydrogens (primary N) is 1. The van der Waals surface area contributed by atoms with Gasteiger partial charge in [0.1, 0.15) is 4.99 Å². The Morgan fingerprint density at radius 2 is 2.05 bits per heavy atom. The minimum absolute atomic E-state index is 0.410. The number of nitrogens with one attached hydrogen (secondary N) is 1. The fourth-order valence-electron chi connectivity index (χ4n) is 2.23. The van der Waals surface area contributed by atoms with Crippen molar-refractivity contribution < 1.29 is 0 Å². The second-order valence-electron chi connectivity index (χ2n) is 4.66. The zero-order valence-corrected chi connectivity index (χ0v) is 12.6. The van der Waals surface area contributed by atoms with Gasteiger partial charge >= 0.3 is 0 Å². The van der Waals surface area contributed by atoms with Gasteiger partial charge in [0.05, 0.1) is 5.69 Å². The molecule has 2 nitrogen and oxygen atoms in total. The number of aryl methyl sites for hydroxylation is 1. The summed E-state index contributed by atoms with van der Waals surface area (Å²) < 4.78 is 1.29. The zero-order valence-electron chi connectivity index (χ0n) is 11.0. The highest BCUT2D eigenvalue weighted by atomic mass is 32.1. The average Bonchev–Trinajstić information content (AvgIpc) is 2.88. The molecule has 3 N–H and O–H groups in total. The summed E-state index contributed by atoms with van der Waals surface area (Å²) in [6, 6.07) is 14.4. The first-order valence-electron chi connectivity index (χ1n) is 6.29. The lowest BCUT2D eigenvalue weighted by atomic mass is 10.1. The fraction of sp³-hybridized carbons (Fsp3) is 0.0625. The first kappa shape index (κ1) is 13.1. The van der Waals surface area contributed by atoms with Crippen molar-refractivity contribution in [2.75, 3.05) is 5.32 Å². The van der Waals surface area contributed by atoms with Crippen LogP contribution < -0.4 is 11.1 Å². The van der Waals surface area contributed by atoms with Crippen LogP contribution in [0.25, 0.3) is 10.1 Å². The quantitative estimate of drug-likeness (QED) is 0.695. The monoisotopic (exact) mass is 298 g/mol. The zero-order chi connectivity index (χ0) is 14.1. The fourth-order valence-corrected chi connectivity index (χ4v) is 3.17. The molecule has 0 fully saturated rings. The van der Waals surface area contributed by atoms with Gasteiger partial charge in [-0.1, -0.05) is 24.4 Å². The second-order valence-corrected chi connectivity index (χ2v) is 6.05. The number of hydrogen-bond acceptors (Lipinski definition) is 3. The number of hydrogen-bond donors (Lipinski definition) is 2. The molecular weight excluding hydrogens is 284 g/mol. The van der Waals surface area contributed by atoms with E-state index < -0.39 is 0 Å². The maximum absolute atomic E-state index is 5.80. The van der Waals surface area contributed by atoms with E-state index in [1.165, 1.54) is 10.1 Å². The molecule has 0 aliphatic carbocycles. The van der Waals surface area contributed by atoms with Gasteiger partial charge in [-0.3, -0.25) is 0 Å². The van der Waals surface area contributed by atoms with Gasteiger partial charge in [-0.15, -0.1) is 11.3 Å². The van der Waals surface area contributed by atoms with Gasteiger partial charge in [-0.05, 0) is 53.6 Å². The third-order valence-corrected chi connectivity index (χ3v) is 4.38. The van der Waals surface area contributed by atoms with Crippen LogP contribution >= 0.6 is 23.6 Å². The van der Waals surface area contributed by atoms with Crippen molar-refractivity contribution in [3.8, 4) is 0 Å². The van der Waals surface area contributed by atoms with E-state index in [1.807, 2.05) is 25.1 Å². The summed E-state index contributed by atoms with van der Waals surface area (Å²) in [5.41, 5.74) is 9.84. The minimum Gasteiger partial charge on any atom is -0.389 e. The van der Waals surface area contributed by atoms with Crippen LogP contribution in [0.5, 0.6) is 0 Å². The van der Waals surface area contributed by atoms with Crippen LogP contribution in [0, 0.1) is 6.92 Å². The van der Waals surface area contributed by atoms with Crippen LogP contribution in [0.4, 0.5) is 11.4 Å². The minimum atomic E-state index is 0.410. The predicted octanol–water partition coefficient (Wildman–Crippen LogP) is 4.59. The van der Waals surface area contributed by atoms with Crippen LogP contribution in [0.1, 0.15) is 11.1 Å². The molecule has 0 unspecified atom stereocenters. The van der Waals surface area contributed by atoms with Gasteiger partial charge in [0.15, 0.2) is 0 Å². The summed E-state index contributed by atoms with van der Waals surface area (Å²) >= 11 is 6.87. The van der Waals surface area contributed by atoms with E-state index in [2.05, 4.69) is 35.0 Å². The van der Waals surface area contributed by atoms with Crippen molar-refractivity contribution in [2.45, 2.75) is 6.92 Å². The average molecular weight is 298 g/mol. The lowest BCUT2D eigenvalue weighted by Gasteiger charge is -2.14. The molecule has 0 aliphatic heterocycles. The number of para-hydroxylation sites is 1.